The standard InChI is InChI=1S/C21H25Cl2F3O2/c1-6-7-15-8-13(4)16(14(5)9-15)11-28-20(27)19(12(2)3)17(10-18(22)23)21(24,25)26/h6,8-10,12,17,19H,1,7,11H2,2-5H3. The highest BCUT2D eigenvalue weighted by molar-refractivity contribution is 6.55. The average Bonchev–Trinajstić information content (AvgIpc) is 2.52. The van der Waals surface area contributed by atoms with Crippen LogP contribution in [0.2, 0.25) is 0 Å². The van der Waals surface area contributed by atoms with Crippen LogP contribution in [0.1, 0.15) is 36.1 Å². The number of hydrogen-bond donors (Lipinski definition) is 0. The minimum Gasteiger partial charge on any atom is -0.461 e. The van der Waals surface area contributed by atoms with Crippen molar-refractivity contribution in [1.82, 2.24) is 0 Å². The monoisotopic (exact) mass is 436 g/mol. The maximum Gasteiger partial charge on any atom is 0.396 e. The van der Waals surface area contributed by atoms with E-state index >= 15 is 0 Å². The highest BCUT2D eigenvalue weighted by Crippen LogP contribution is 2.39. The third-order valence-electron chi connectivity index (χ3n) is 4.56. The zero-order chi connectivity index (χ0) is 21.6. The number of alkyl halides is 3. The van der Waals surface area contributed by atoms with Gasteiger partial charge in [-0.15, -0.1) is 6.58 Å². The molecule has 28 heavy (non-hydrogen) atoms. The molecule has 2 atom stereocenters. The number of rotatable bonds is 8. The summed E-state index contributed by atoms with van der Waals surface area (Å²) in [6, 6.07) is 3.90. The first-order chi connectivity index (χ1) is 12.9. The van der Waals surface area contributed by atoms with Gasteiger partial charge in [0.25, 0.3) is 0 Å². The Hall–Kier alpha value is -1.46. The van der Waals surface area contributed by atoms with Crippen molar-refractivity contribution in [2.24, 2.45) is 17.8 Å². The first-order valence-electron chi connectivity index (χ1n) is 8.84. The molecule has 0 bridgehead atoms. The number of carbonyl (C=O) groups excluding carboxylic acids is 1. The Bertz CT molecular complexity index is 713. The van der Waals surface area contributed by atoms with E-state index in [0.717, 1.165) is 22.3 Å². The van der Waals surface area contributed by atoms with Gasteiger partial charge in [-0.2, -0.15) is 13.2 Å². The lowest BCUT2D eigenvalue weighted by Gasteiger charge is -2.28. The molecule has 0 amide bonds. The van der Waals surface area contributed by atoms with Gasteiger partial charge >= 0.3 is 12.1 Å². The first-order valence-corrected chi connectivity index (χ1v) is 9.60. The highest BCUT2D eigenvalue weighted by atomic mass is 35.5. The molecule has 0 aliphatic rings. The number of hydrogen-bond acceptors (Lipinski definition) is 2. The Balaban J connectivity index is 3.09. The van der Waals surface area contributed by atoms with E-state index in [2.05, 4.69) is 6.58 Å². The van der Waals surface area contributed by atoms with E-state index in [1.54, 1.807) is 6.08 Å². The quantitative estimate of drug-likeness (QED) is 0.329. The van der Waals surface area contributed by atoms with Gasteiger partial charge in [-0.3, -0.25) is 4.79 Å². The molecule has 0 radical (unpaired) electrons. The lowest BCUT2D eigenvalue weighted by molar-refractivity contribution is -0.191. The van der Waals surface area contributed by atoms with Crippen molar-refractivity contribution < 1.29 is 22.7 Å². The molecule has 0 N–H and O–H groups in total. The molecule has 7 heteroatoms. The topological polar surface area (TPSA) is 26.3 Å². The van der Waals surface area contributed by atoms with Crippen LogP contribution in [-0.2, 0) is 22.6 Å². The Morgan fingerprint density at radius 2 is 1.75 bits per heavy atom. The molecule has 0 saturated heterocycles. The number of ether oxygens (including phenoxy) is 1. The molecule has 0 aromatic heterocycles. The minimum absolute atomic E-state index is 0.100. The van der Waals surface area contributed by atoms with Gasteiger partial charge in [0.05, 0.1) is 11.8 Å². The second-order valence-corrected chi connectivity index (χ2v) is 8.11. The zero-order valence-electron chi connectivity index (χ0n) is 16.4. The lowest BCUT2D eigenvalue weighted by Crippen LogP contribution is -2.38. The van der Waals surface area contributed by atoms with Gasteiger partial charge in [0, 0.05) is 0 Å². The molecular formula is C21H25Cl2F3O2. The predicted octanol–water partition coefficient (Wildman–Crippen LogP) is 6.84. The molecule has 0 heterocycles. The van der Waals surface area contributed by atoms with E-state index in [1.165, 1.54) is 13.8 Å². The van der Waals surface area contributed by atoms with Crippen molar-refractivity contribution >= 4 is 29.2 Å². The van der Waals surface area contributed by atoms with Crippen LogP contribution in [0.5, 0.6) is 0 Å². The fourth-order valence-corrected chi connectivity index (χ4v) is 3.48. The van der Waals surface area contributed by atoms with Crippen LogP contribution in [0.25, 0.3) is 0 Å². The number of aryl methyl sites for hydroxylation is 2. The summed E-state index contributed by atoms with van der Waals surface area (Å²) in [5.41, 5.74) is 3.65. The summed E-state index contributed by atoms with van der Waals surface area (Å²) in [5.74, 6) is -5.13. The largest absolute Gasteiger partial charge is 0.461 e. The molecule has 0 aliphatic carbocycles. The fourth-order valence-electron chi connectivity index (χ4n) is 3.21. The maximum absolute atomic E-state index is 13.5. The molecule has 0 aliphatic heterocycles. The Morgan fingerprint density at radius 1 is 1.21 bits per heavy atom. The van der Waals surface area contributed by atoms with Crippen molar-refractivity contribution in [3.05, 3.63) is 57.6 Å². The summed E-state index contributed by atoms with van der Waals surface area (Å²) in [4.78, 5) is 12.6. The third kappa shape index (κ3) is 6.85. The van der Waals surface area contributed by atoms with Crippen LogP contribution in [0.3, 0.4) is 0 Å². The van der Waals surface area contributed by atoms with Crippen molar-refractivity contribution in [1.29, 1.82) is 0 Å². The van der Waals surface area contributed by atoms with Crippen LogP contribution >= 0.6 is 23.2 Å². The highest BCUT2D eigenvalue weighted by Gasteiger charge is 2.48. The molecule has 0 fully saturated rings. The summed E-state index contributed by atoms with van der Waals surface area (Å²) in [6.45, 7) is 10.4. The van der Waals surface area contributed by atoms with E-state index in [9.17, 15) is 18.0 Å². The SMILES string of the molecule is C=CCc1cc(C)c(COC(=O)C(C(C)C)C(C=C(Cl)Cl)C(F)(F)F)c(C)c1. The van der Waals surface area contributed by atoms with Crippen LogP contribution in [0, 0.1) is 31.6 Å². The molecular weight excluding hydrogens is 412 g/mol. The summed E-state index contributed by atoms with van der Waals surface area (Å²) >= 11 is 10.9. The zero-order valence-corrected chi connectivity index (χ0v) is 17.9. The number of benzene rings is 1. The second-order valence-electron chi connectivity index (χ2n) is 7.10. The Labute approximate surface area is 174 Å². The Kier molecular flexibility index (Phi) is 9.09. The van der Waals surface area contributed by atoms with Crippen molar-refractivity contribution in [2.75, 3.05) is 0 Å². The fraction of sp³-hybridized carbons (Fsp3) is 0.476. The van der Waals surface area contributed by atoms with Crippen molar-refractivity contribution in [3.8, 4) is 0 Å². The van der Waals surface area contributed by atoms with Gasteiger partial charge in [-0.25, -0.2) is 0 Å². The van der Waals surface area contributed by atoms with Crippen molar-refractivity contribution in [3.63, 3.8) is 0 Å². The minimum atomic E-state index is -4.68. The van der Waals surface area contributed by atoms with Gasteiger partial charge in [0.15, 0.2) is 0 Å². The average molecular weight is 437 g/mol. The number of carbonyl (C=O) groups is 1. The van der Waals surface area contributed by atoms with Gasteiger partial charge in [0.2, 0.25) is 0 Å². The van der Waals surface area contributed by atoms with Crippen LogP contribution in [0.4, 0.5) is 13.2 Å². The van der Waals surface area contributed by atoms with Gasteiger partial charge in [-0.1, -0.05) is 55.3 Å². The lowest BCUT2D eigenvalue weighted by atomic mass is 9.83. The summed E-state index contributed by atoms with van der Waals surface area (Å²) in [6.07, 6.45) is -1.54. The summed E-state index contributed by atoms with van der Waals surface area (Å²) in [5, 5.41) is 0. The summed E-state index contributed by atoms with van der Waals surface area (Å²) in [7, 11) is 0. The summed E-state index contributed by atoms with van der Waals surface area (Å²) < 4.78 is 45.2. The second kappa shape index (κ2) is 10.4. The van der Waals surface area contributed by atoms with Gasteiger partial charge < -0.3 is 4.74 Å². The smallest absolute Gasteiger partial charge is 0.396 e. The Morgan fingerprint density at radius 3 is 2.14 bits per heavy atom. The van der Waals surface area contributed by atoms with E-state index < -0.39 is 34.4 Å². The van der Waals surface area contributed by atoms with E-state index in [0.29, 0.717) is 12.5 Å². The molecule has 0 spiro atoms. The maximum atomic E-state index is 13.5. The molecule has 2 unspecified atom stereocenters. The van der Waals surface area contributed by atoms with E-state index in [1.807, 2.05) is 26.0 Å². The van der Waals surface area contributed by atoms with Crippen LogP contribution < -0.4 is 0 Å². The molecule has 1 aromatic rings. The van der Waals surface area contributed by atoms with Gasteiger partial charge in [-0.05, 0) is 54.5 Å². The molecule has 156 valence electrons. The number of allylic oxidation sites excluding steroid dienone is 2. The normalized spacial score (nSPS) is 13.8. The van der Waals surface area contributed by atoms with E-state index in [4.69, 9.17) is 27.9 Å². The number of esters is 1. The molecule has 2 nitrogen and oxygen atoms in total. The van der Waals surface area contributed by atoms with Crippen molar-refractivity contribution in [2.45, 2.75) is 46.9 Å². The molecule has 0 saturated carbocycles. The molecule has 1 rings (SSSR count). The molecule has 1 aromatic carbocycles. The predicted molar refractivity (Wildman–Crippen MR) is 107 cm³/mol. The first kappa shape index (κ1) is 24.6. The van der Waals surface area contributed by atoms with Gasteiger partial charge in [0.1, 0.15) is 11.1 Å². The number of halogens is 5. The van der Waals surface area contributed by atoms with Crippen LogP contribution in [-0.4, -0.2) is 12.1 Å². The van der Waals surface area contributed by atoms with Crippen LogP contribution in [0.15, 0.2) is 35.4 Å². The third-order valence-corrected chi connectivity index (χ3v) is 4.81. The van der Waals surface area contributed by atoms with E-state index in [-0.39, 0.29) is 6.61 Å².